The van der Waals surface area contributed by atoms with Crippen LogP contribution in [0.25, 0.3) is 0 Å². The lowest BCUT2D eigenvalue weighted by Crippen LogP contribution is -2.61. The van der Waals surface area contributed by atoms with Gasteiger partial charge in [0, 0.05) is 64.5 Å². The van der Waals surface area contributed by atoms with Gasteiger partial charge >= 0.3 is 0 Å². The number of methoxy groups -OCH3 is 1. The Balaban J connectivity index is 1.20. The third-order valence-electron chi connectivity index (χ3n) is 7.41. The first-order chi connectivity index (χ1) is 16.7. The van der Waals surface area contributed by atoms with E-state index in [1.807, 2.05) is 4.90 Å². The predicted octanol–water partition coefficient (Wildman–Crippen LogP) is 1.88. The first kappa shape index (κ1) is 26.9. The monoisotopic (exact) mass is 548 g/mol. The van der Waals surface area contributed by atoms with Gasteiger partial charge in [0.05, 0.1) is 23.8 Å². The number of halogens is 2. The molecule has 0 spiro atoms. The van der Waals surface area contributed by atoms with E-state index in [-0.39, 0.29) is 40.6 Å². The van der Waals surface area contributed by atoms with E-state index in [2.05, 4.69) is 9.80 Å². The molecule has 2 bridgehead atoms. The number of piperidine rings is 3. The summed E-state index contributed by atoms with van der Waals surface area (Å²) in [6.07, 6.45) is 2.58. The van der Waals surface area contributed by atoms with Crippen molar-refractivity contribution in [3.8, 4) is 5.75 Å². The summed E-state index contributed by atoms with van der Waals surface area (Å²) in [7, 11) is -1.07. The second-order valence-electron chi connectivity index (χ2n) is 9.42. The second-order valence-corrected chi connectivity index (χ2v) is 12.2. The highest BCUT2D eigenvalue weighted by Crippen LogP contribution is 2.35. The van der Waals surface area contributed by atoms with Gasteiger partial charge < -0.3 is 19.3 Å². The second kappa shape index (κ2) is 11.5. The molecule has 1 aromatic rings. The lowest BCUT2D eigenvalue weighted by molar-refractivity contribution is -0.139. The van der Waals surface area contributed by atoms with Crippen LogP contribution in [0.4, 0.5) is 0 Å². The van der Waals surface area contributed by atoms with Crippen LogP contribution in [0.3, 0.4) is 0 Å². The Morgan fingerprint density at radius 3 is 2.26 bits per heavy atom. The number of rotatable bonds is 9. The summed E-state index contributed by atoms with van der Waals surface area (Å²) in [6.45, 7) is 6.87. The van der Waals surface area contributed by atoms with Gasteiger partial charge in [-0.1, -0.05) is 23.2 Å². The average molecular weight is 550 g/mol. The fraction of sp³-hybridized carbons (Fsp3) is 0.696. The zero-order valence-corrected chi connectivity index (χ0v) is 22.6. The largest absolute Gasteiger partial charge is 0.497 e. The van der Waals surface area contributed by atoms with Crippen molar-refractivity contribution in [2.75, 3.05) is 79.7 Å². The Labute approximate surface area is 217 Å². The van der Waals surface area contributed by atoms with Crippen molar-refractivity contribution >= 4 is 39.1 Å². The summed E-state index contributed by atoms with van der Waals surface area (Å²) in [5, 5.41) is -0.0376. The highest BCUT2D eigenvalue weighted by molar-refractivity contribution is 7.89. The van der Waals surface area contributed by atoms with Gasteiger partial charge in [-0.15, -0.1) is 0 Å². The SMILES string of the molecule is COc1cc(Cl)c(S(=O)(=O)N(C)CCOCC(=O)N2CCN(C3CN4CCC3CC4)CC2)c(Cl)c1. The van der Waals surface area contributed by atoms with Crippen LogP contribution in [-0.2, 0) is 19.6 Å². The number of carbonyl (C=O) groups excluding carboxylic acids is 1. The Kier molecular flexibility index (Phi) is 8.84. The van der Waals surface area contributed by atoms with Gasteiger partial charge in [0.25, 0.3) is 0 Å². The van der Waals surface area contributed by atoms with E-state index in [1.54, 1.807) is 0 Å². The van der Waals surface area contributed by atoms with Crippen molar-refractivity contribution in [3.63, 3.8) is 0 Å². The minimum absolute atomic E-state index is 0.0188. The lowest BCUT2D eigenvalue weighted by atomic mass is 9.83. The molecule has 35 heavy (non-hydrogen) atoms. The molecule has 9 nitrogen and oxygen atoms in total. The van der Waals surface area contributed by atoms with Crippen molar-refractivity contribution in [2.45, 2.75) is 23.8 Å². The summed E-state index contributed by atoms with van der Waals surface area (Å²) >= 11 is 12.3. The van der Waals surface area contributed by atoms with Gasteiger partial charge in [-0.25, -0.2) is 8.42 Å². The van der Waals surface area contributed by atoms with Crippen LogP contribution in [-0.4, -0.2) is 119 Å². The van der Waals surface area contributed by atoms with Crippen LogP contribution < -0.4 is 4.74 Å². The fourth-order valence-corrected chi connectivity index (χ4v) is 7.56. The first-order valence-electron chi connectivity index (χ1n) is 12.0. The quantitative estimate of drug-likeness (QED) is 0.435. The van der Waals surface area contributed by atoms with Crippen LogP contribution in [0.15, 0.2) is 17.0 Å². The van der Waals surface area contributed by atoms with Gasteiger partial charge in [-0.3, -0.25) is 9.69 Å². The Bertz CT molecular complexity index is 988. The number of fused-ring (bicyclic) bond motifs is 3. The molecule has 196 valence electrons. The Morgan fingerprint density at radius 2 is 1.71 bits per heavy atom. The number of piperazine rings is 1. The number of hydrogen-bond donors (Lipinski definition) is 0. The van der Waals surface area contributed by atoms with Gasteiger partial charge in [-0.2, -0.15) is 4.31 Å². The number of benzene rings is 1. The highest BCUT2D eigenvalue weighted by atomic mass is 35.5. The summed E-state index contributed by atoms with van der Waals surface area (Å²) in [6, 6.07) is 3.43. The van der Waals surface area contributed by atoms with Gasteiger partial charge in [0.2, 0.25) is 15.9 Å². The molecular weight excluding hydrogens is 515 g/mol. The average Bonchev–Trinajstić information content (AvgIpc) is 2.86. The number of likely N-dealkylation sites (N-methyl/N-ethyl adjacent to an activating group) is 1. The number of sulfonamides is 1. The van der Waals surface area contributed by atoms with Crippen molar-refractivity contribution in [2.24, 2.45) is 5.92 Å². The molecule has 4 aliphatic heterocycles. The maximum absolute atomic E-state index is 12.9. The third-order valence-corrected chi connectivity index (χ3v) is 10.2. The van der Waals surface area contributed by atoms with Crippen LogP contribution >= 0.6 is 23.2 Å². The van der Waals surface area contributed by atoms with Crippen LogP contribution in [0.5, 0.6) is 5.75 Å². The van der Waals surface area contributed by atoms with Crippen molar-refractivity contribution in [1.82, 2.24) is 19.0 Å². The van der Waals surface area contributed by atoms with Crippen molar-refractivity contribution in [1.29, 1.82) is 0 Å². The van der Waals surface area contributed by atoms with Crippen LogP contribution in [0.2, 0.25) is 10.0 Å². The molecule has 1 aromatic carbocycles. The molecule has 4 saturated heterocycles. The minimum atomic E-state index is -3.94. The summed E-state index contributed by atoms with van der Waals surface area (Å²) in [4.78, 5) is 19.4. The van der Waals surface area contributed by atoms with Crippen molar-refractivity contribution in [3.05, 3.63) is 22.2 Å². The highest BCUT2D eigenvalue weighted by Gasteiger charge is 2.38. The fourth-order valence-electron chi connectivity index (χ4n) is 5.27. The number of nitrogens with zero attached hydrogens (tertiary/aromatic N) is 4. The Hall–Kier alpha value is -1.14. The molecule has 0 radical (unpaired) electrons. The molecule has 0 N–H and O–H groups in total. The first-order valence-corrected chi connectivity index (χ1v) is 14.2. The van der Waals surface area contributed by atoms with Crippen LogP contribution in [0.1, 0.15) is 12.8 Å². The number of carbonyl (C=O) groups is 1. The number of ether oxygens (including phenoxy) is 2. The predicted molar refractivity (Wildman–Crippen MR) is 135 cm³/mol. The maximum Gasteiger partial charge on any atom is 0.248 e. The molecule has 4 aliphatic rings. The zero-order chi connectivity index (χ0) is 25.2. The number of hydrogen-bond acceptors (Lipinski definition) is 7. The minimum Gasteiger partial charge on any atom is -0.497 e. The molecular formula is C23H34Cl2N4O5S. The van der Waals surface area contributed by atoms with Gasteiger partial charge in [-0.05, 0) is 31.8 Å². The van der Waals surface area contributed by atoms with Gasteiger partial charge in [0.1, 0.15) is 17.3 Å². The maximum atomic E-state index is 12.9. The number of amides is 1. The summed E-state index contributed by atoms with van der Waals surface area (Å²) in [5.74, 6) is 1.10. The molecule has 5 rings (SSSR count). The molecule has 0 aliphatic carbocycles. The molecule has 0 aromatic heterocycles. The summed E-state index contributed by atoms with van der Waals surface area (Å²) in [5.41, 5.74) is 0. The molecule has 0 saturated carbocycles. The van der Waals surface area contributed by atoms with E-state index in [4.69, 9.17) is 32.7 Å². The summed E-state index contributed by atoms with van der Waals surface area (Å²) < 4.78 is 37.6. The Morgan fingerprint density at radius 1 is 1.09 bits per heavy atom. The van der Waals surface area contributed by atoms with E-state index >= 15 is 0 Å². The van der Waals surface area contributed by atoms with E-state index in [1.165, 1.54) is 52.2 Å². The van der Waals surface area contributed by atoms with E-state index < -0.39 is 10.0 Å². The zero-order valence-electron chi connectivity index (χ0n) is 20.3. The van der Waals surface area contributed by atoms with E-state index in [0.717, 1.165) is 29.9 Å². The lowest BCUT2D eigenvalue weighted by Gasteiger charge is -2.51. The molecule has 1 atom stereocenters. The molecule has 1 amide bonds. The van der Waals surface area contributed by atoms with E-state index in [0.29, 0.717) is 24.9 Å². The van der Waals surface area contributed by atoms with Gasteiger partial charge in [0.15, 0.2) is 0 Å². The third kappa shape index (κ3) is 6.06. The molecule has 4 heterocycles. The standard InChI is InChI=1S/C23H34Cl2N4O5S/c1-26(35(31,32)23-19(24)13-18(33-2)14-20(23)25)11-12-34-16-22(30)29-9-7-28(8-10-29)21-15-27-5-3-17(21)4-6-27/h13-14,17,21H,3-12,15-16H2,1-2H3. The van der Waals surface area contributed by atoms with Crippen LogP contribution in [0, 0.1) is 5.92 Å². The topological polar surface area (TPSA) is 82.6 Å². The normalized spacial score (nSPS) is 25.3. The smallest absolute Gasteiger partial charge is 0.248 e. The molecule has 1 unspecified atom stereocenters. The molecule has 4 fully saturated rings. The molecule has 12 heteroatoms. The van der Waals surface area contributed by atoms with E-state index in [9.17, 15) is 13.2 Å². The van der Waals surface area contributed by atoms with Crippen molar-refractivity contribution < 1.29 is 22.7 Å².